The number of hydrogen-bond donors (Lipinski definition) is 0. The van der Waals surface area contributed by atoms with E-state index in [0.717, 1.165) is 31.2 Å². The van der Waals surface area contributed by atoms with Gasteiger partial charge in [0.15, 0.2) is 0 Å². The predicted octanol–water partition coefficient (Wildman–Crippen LogP) is 2.83. The van der Waals surface area contributed by atoms with Crippen molar-refractivity contribution in [1.82, 2.24) is 19.7 Å². The van der Waals surface area contributed by atoms with Crippen LogP contribution in [0.2, 0.25) is 0 Å². The first-order valence-corrected chi connectivity index (χ1v) is 9.53. The van der Waals surface area contributed by atoms with Crippen LogP contribution in [0.25, 0.3) is 5.69 Å². The maximum absolute atomic E-state index is 13.3. The maximum atomic E-state index is 13.3. The van der Waals surface area contributed by atoms with E-state index in [1.807, 2.05) is 4.90 Å². The van der Waals surface area contributed by atoms with Crippen molar-refractivity contribution >= 4 is 11.6 Å². The molecular formula is C19H21N5O3. The predicted molar refractivity (Wildman–Crippen MR) is 96.4 cm³/mol. The minimum absolute atomic E-state index is 0.0820. The summed E-state index contributed by atoms with van der Waals surface area (Å²) in [5, 5.41) is 15.5. The highest BCUT2D eigenvalue weighted by atomic mass is 16.6. The van der Waals surface area contributed by atoms with Crippen LogP contribution in [0.1, 0.15) is 42.5 Å². The number of carbonyl (C=O) groups excluding carboxylic acids is 1. The topological polar surface area (TPSA) is 94.2 Å². The molecular weight excluding hydrogens is 346 g/mol. The van der Waals surface area contributed by atoms with E-state index >= 15 is 0 Å². The lowest BCUT2D eigenvalue weighted by molar-refractivity contribution is -0.384. The highest BCUT2D eigenvalue weighted by molar-refractivity contribution is 5.95. The van der Waals surface area contributed by atoms with Crippen molar-refractivity contribution in [1.29, 1.82) is 0 Å². The summed E-state index contributed by atoms with van der Waals surface area (Å²) in [5.74, 6) is 1.99. The molecule has 1 aromatic carbocycles. The lowest BCUT2D eigenvalue weighted by Gasteiger charge is -2.39. The largest absolute Gasteiger partial charge is 0.335 e. The van der Waals surface area contributed by atoms with Crippen LogP contribution in [0.3, 0.4) is 0 Å². The van der Waals surface area contributed by atoms with Crippen molar-refractivity contribution in [2.24, 2.45) is 17.8 Å². The number of carbonyl (C=O) groups is 1. The van der Waals surface area contributed by atoms with Gasteiger partial charge in [0.1, 0.15) is 18.3 Å². The summed E-state index contributed by atoms with van der Waals surface area (Å²) in [4.78, 5) is 30.2. The Morgan fingerprint density at radius 3 is 2.52 bits per heavy atom. The molecule has 1 aromatic heterocycles. The van der Waals surface area contributed by atoms with Crippen LogP contribution in [0.4, 0.5) is 5.69 Å². The minimum atomic E-state index is -0.468. The Hall–Kier alpha value is -2.77. The number of aromatic nitrogens is 3. The van der Waals surface area contributed by atoms with Gasteiger partial charge in [0.05, 0.1) is 4.92 Å². The summed E-state index contributed by atoms with van der Waals surface area (Å²) in [7, 11) is 0. The Morgan fingerprint density at radius 1 is 1.11 bits per heavy atom. The molecule has 4 aliphatic rings. The quantitative estimate of drug-likeness (QED) is 0.614. The van der Waals surface area contributed by atoms with Crippen LogP contribution in [0.5, 0.6) is 0 Å². The van der Waals surface area contributed by atoms with E-state index < -0.39 is 4.92 Å². The van der Waals surface area contributed by atoms with Gasteiger partial charge in [-0.15, -0.1) is 0 Å². The molecule has 4 bridgehead atoms. The third kappa shape index (κ3) is 2.79. The second kappa shape index (κ2) is 6.14. The molecule has 2 aliphatic heterocycles. The smallest absolute Gasteiger partial charge is 0.295 e. The molecule has 2 unspecified atom stereocenters. The molecule has 1 amide bonds. The molecule has 0 radical (unpaired) electrons. The van der Waals surface area contributed by atoms with Crippen LogP contribution in [-0.4, -0.2) is 43.1 Å². The van der Waals surface area contributed by atoms with Crippen molar-refractivity contribution in [2.75, 3.05) is 6.54 Å². The molecule has 2 aromatic rings. The van der Waals surface area contributed by atoms with Gasteiger partial charge >= 0.3 is 0 Å². The second-order valence-corrected chi connectivity index (χ2v) is 8.19. The average Bonchev–Trinajstić information content (AvgIpc) is 3.11. The first kappa shape index (κ1) is 16.4. The Labute approximate surface area is 156 Å². The number of rotatable bonds is 3. The molecule has 27 heavy (non-hydrogen) atoms. The highest BCUT2D eigenvalue weighted by Crippen LogP contribution is 2.47. The third-order valence-electron chi connectivity index (χ3n) is 6.45. The first-order chi connectivity index (χ1) is 13.1. The third-order valence-corrected chi connectivity index (χ3v) is 6.45. The molecule has 2 aliphatic carbocycles. The summed E-state index contributed by atoms with van der Waals surface area (Å²) in [5.41, 5.74) is 0.559. The maximum Gasteiger partial charge on any atom is 0.295 e. The molecule has 2 saturated carbocycles. The van der Waals surface area contributed by atoms with Gasteiger partial charge in [0.25, 0.3) is 11.6 Å². The zero-order valence-electron chi connectivity index (χ0n) is 14.9. The van der Waals surface area contributed by atoms with Crippen LogP contribution in [0, 0.1) is 27.9 Å². The summed E-state index contributed by atoms with van der Waals surface area (Å²) in [6, 6.07) is 4.92. The second-order valence-electron chi connectivity index (χ2n) is 8.19. The van der Waals surface area contributed by atoms with E-state index in [2.05, 4.69) is 10.1 Å². The molecule has 2 saturated heterocycles. The van der Waals surface area contributed by atoms with Crippen molar-refractivity contribution in [3.05, 3.63) is 46.5 Å². The lowest BCUT2D eigenvalue weighted by Crippen LogP contribution is -2.42. The van der Waals surface area contributed by atoms with Crippen molar-refractivity contribution in [2.45, 2.75) is 38.1 Å². The number of nitrogens with zero attached hydrogens (tertiary/aromatic N) is 5. The normalized spacial score (nSPS) is 29.0. The summed E-state index contributed by atoms with van der Waals surface area (Å²) >= 11 is 0. The van der Waals surface area contributed by atoms with Gasteiger partial charge in [-0.3, -0.25) is 14.9 Å². The number of hydrogen-bond acceptors (Lipinski definition) is 5. The molecule has 8 heteroatoms. The van der Waals surface area contributed by atoms with E-state index in [4.69, 9.17) is 0 Å². The van der Waals surface area contributed by atoms with E-state index in [1.165, 1.54) is 42.7 Å². The number of nitro benzene ring substituents is 1. The number of benzene rings is 1. The van der Waals surface area contributed by atoms with Gasteiger partial charge < -0.3 is 4.90 Å². The van der Waals surface area contributed by atoms with Gasteiger partial charge in [-0.05, 0) is 62.0 Å². The van der Waals surface area contributed by atoms with Crippen molar-refractivity contribution in [3.63, 3.8) is 0 Å². The fourth-order valence-corrected chi connectivity index (χ4v) is 5.53. The fourth-order valence-electron chi connectivity index (χ4n) is 5.53. The van der Waals surface area contributed by atoms with E-state index in [0.29, 0.717) is 17.2 Å². The first-order valence-electron chi connectivity index (χ1n) is 9.53. The average molecular weight is 367 g/mol. The minimum Gasteiger partial charge on any atom is -0.335 e. The molecule has 0 spiro atoms. The molecule has 6 rings (SSSR count). The van der Waals surface area contributed by atoms with Gasteiger partial charge in [0, 0.05) is 24.2 Å². The lowest BCUT2D eigenvalue weighted by atomic mass is 9.68. The summed E-state index contributed by atoms with van der Waals surface area (Å²) < 4.78 is 1.35. The van der Waals surface area contributed by atoms with Crippen LogP contribution < -0.4 is 0 Å². The van der Waals surface area contributed by atoms with Crippen molar-refractivity contribution in [3.8, 4) is 5.69 Å². The highest BCUT2D eigenvalue weighted by Gasteiger charge is 2.44. The molecule has 140 valence electrons. The number of amides is 1. The molecule has 0 N–H and O–H groups in total. The Bertz CT molecular complexity index is 883. The van der Waals surface area contributed by atoms with Gasteiger partial charge in [-0.2, -0.15) is 5.10 Å². The standard InChI is InChI=1S/C19H21N5O3/c25-19(22-9-14-4-12-3-13(5-14)7-16(22)6-12)15-1-2-17(18(8-15)24(26)27)23-11-20-10-21-23/h1-2,8,10-14,16H,3-7,9H2/t12-,13+,14?,16?. The molecule has 4 atom stereocenters. The molecule has 3 heterocycles. The summed E-state index contributed by atoms with van der Waals surface area (Å²) in [6.45, 7) is 0.787. The molecule has 4 fully saturated rings. The summed E-state index contributed by atoms with van der Waals surface area (Å²) in [6.07, 6.45) is 8.66. The van der Waals surface area contributed by atoms with Gasteiger partial charge in [-0.25, -0.2) is 9.67 Å². The monoisotopic (exact) mass is 367 g/mol. The Kier molecular flexibility index (Phi) is 3.73. The Balaban J connectivity index is 1.48. The SMILES string of the molecule is O=C(c1ccc(-n2cncn2)c([N+](=O)[O-])c1)N1CC2C[C@@H]3CC1C[C@H](C2)C3. The Morgan fingerprint density at radius 2 is 1.85 bits per heavy atom. The number of fused-ring (bicyclic) bond motifs is 1. The van der Waals surface area contributed by atoms with Crippen LogP contribution in [-0.2, 0) is 0 Å². The van der Waals surface area contributed by atoms with Gasteiger partial charge in [0.2, 0.25) is 0 Å². The zero-order chi connectivity index (χ0) is 18.5. The van der Waals surface area contributed by atoms with E-state index in [1.54, 1.807) is 12.1 Å². The molecule has 8 nitrogen and oxygen atoms in total. The number of nitro groups is 1. The van der Waals surface area contributed by atoms with Gasteiger partial charge in [-0.1, -0.05) is 0 Å². The van der Waals surface area contributed by atoms with E-state index in [9.17, 15) is 14.9 Å². The van der Waals surface area contributed by atoms with Crippen LogP contribution >= 0.6 is 0 Å². The van der Waals surface area contributed by atoms with Crippen LogP contribution in [0.15, 0.2) is 30.9 Å². The van der Waals surface area contributed by atoms with Crippen molar-refractivity contribution < 1.29 is 9.72 Å². The van der Waals surface area contributed by atoms with E-state index in [-0.39, 0.29) is 17.6 Å². The fraction of sp³-hybridized carbons (Fsp3) is 0.526. The zero-order valence-corrected chi connectivity index (χ0v) is 14.9.